The summed E-state index contributed by atoms with van der Waals surface area (Å²) < 4.78 is 24.9. The van der Waals surface area contributed by atoms with E-state index in [9.17, 15) is 4.39 Å². The number of rotatable bonds is 5. The summed E-state index contributed by atoms with van der Waals surface area (Å²) in [6, 6.07) is 4.75. The van der Waals surface area contributed by atoms with E-state index in [1.54, 1.807) is 12.1 Å². The van der Waals surface area contributed by atoms with Crippen LogP contribution in [0.15, 0.2) is 23.4 Å². The van der Waals surface area contributed by atoms with Crippen molar-refractivity contribution < 1.29 is 19.1 Å². The molecule has 1 aliphatic heterocycles. The maximum absolute atomic E-state index is 14.1. The standard InChI is InChI=1S/C14H19FN2O3/c15-13-11(2-1-3-12(13)14(16)17-18)9-20-8-10-4-6-19-7-5-10/h1-3,10,18H,4-9H2,(H2,16,17). The number of hydrogen-bond acceptors (Lipinski definition) is 4. The number of nitrogens with zero attached hydrogens (tertiary/aromatic N) is 1. The van der Waals surface area contributed by atoms with Gasteiger partial charge in [0.2, 0.25) is 0 Å². The number of benzene rings is 1. The van der Waals surface area contributed by atoms with Gasteiger partial charge < -0.3 is 20.4 Å². The molecule has 5 nitrogen and oxygen atoms in total. The van der Waals surface area contributed by atoms with Gasteiger partial charge in [-0.25, -0.2) is 4.39 Å². The fourth-order valence-corrected chi connectivity index (χ4v) is 2.19. The van der Waals surface area contributed by atoms with E-state index in [0.717, 1.165) is 26.1 Å². The van der Waals surface area contributed by atoms with Crippen LogP contribution in [-0.2, 0) is 16.1 Å². The number of oxime groups is 1. The third-order valence-corrected chi connectivity index (χ3v) is 3.41. The van der Waals surface area contributed by atoms with Crippen molar-refractivity contribution >= 4 is 5.84 Å². The summed E-state index contributed by atoms with van der Waals surface area (Å²) in [6.45, 7) is 2.30. The van der Waals surface area contributed by atoms with Crippen LogP contribution in [0, 0.1) is 11.7 Å². The summed E-state index contributed by atoms with van der Waals surface area (Å²) in [5, 5.41) is 11.4. The lowest BCUT2D eigenvalue weighted by Crippen LogP contribution is -2.20. The number of halogens is 1. The second-order valence-corrected chi connectivity index (χ2v) is 4.83. The van der Waals surface area contributed by atoms with Crippen LogP contribution in [-0.4, -0.2) is 30.9 Å². The van der Waals surface area contributed by atoms with Crippen molar-refractivity contribution in [1.82, 2.24) is 0 Å². The van der Waals surface area contributed by atoms with Crippen LogP contribution in [0.4, 0.5) is 4.39 Å². The second-order valence-electron chi connectivity index (χ2n) is 4.83. The Hall–Kier alpha value is -1.66. The molecule has 0 atom stereocenters. The molecule has 1 aliphatic rings. The van der Waals surface area contributed by atoms with Crippen LogP contribution in [0.3, 0.4) is 0 Å². The molecule has 2 rings (SSSR count). The van der Waals surface area contributed by atoms with E-state index in [1.165, 1.54) is 6.07 Å². The zero-order chi connectivity index (χ0) is 14.4. The fraction of sp³-hybridized carbons (Fsp3) is 0.500. The first kappa shape index (κ1) is 14.7. The third kappa shape index (κ3) is 3.68. The van der Waals surface area contributed by atoms with Crippen LogP contribution < -0.4 is 5.73 Å². The highest BCUT2D eigenvalue weighted by molar-refractivity contribution is 5.97. The van der Waals surface area contributed by atoms with Gasteiger partial charge in [-0.1, -0.05) is 17.3 Å². The molecule has 0 spiro atoms. The van der Waals surface area contributed by atoms with Gasteiger partial charge >= 0.3 is 0 Å². The monoisotopic (exact) mass is 282 g/mol. The molecule has 0 radical (unpaired) electrons. The first-order valence-electron chi connectivity index (χ1n) is 6.63. The molecule has 0 bridgehead atoms. The Balaban J connectivity index is 1.92. The molecule has 1 fully saturated rings. The summed E-state index contributed by atoms with van der Waals surface area (Å²) in [6.07, 6.45) is 1.96. The smallest absolute Gasteiger partial charge is 0.173 e. The summed E-state index contributed by atoms with van der Waals surface area (Å²) in [5.41, 5.74) is 5.90. The first-order valence-corrected chi connectivity index (χ1v) is 6.63. The molecule has 1 saturated heterocycles. The van der Waals surface area contributed by atoms with E-state index >= 15 is 0 Å². The molecule has 0 amide bonds. The Bertz CT molecular complexity index is 473. The van der Waals surface area contributed by atoms with E-state index < -0.39 is 5.82 Å². The average molecular weight is 282 g/mol. The van der Waals surface area contributed by atoms with Gasteiger partial charge in [-0.05, 0) is 24.8 Å². The highest BCUT2D eigenvalue weighted by Gasteiger charge is 2.15. The Morgan fingerprint density at radius 1 is 1.45 bits per heavy atom. The maximum atomic E-state index is 14.1. The molecule has 20 heavy (non-hydrogen) atoms. The van der Waals surface area contributed by atoms with Crippen molar-refractivity contribution in [2.75, 3.05) is 19.8 Å². The number of nitrogens with two attached hydrogens (primary N) is 1. The molecule has 110 valence electrons. The maximum Gasteiger partial charge on any atom is 0.173 e. The van der Waals surface area contributed by atoms with Crippen molar-refractivity contribution in [2.45, 2.75) is 19.4 Å². The van der Waals surface area contributed by atoms with Crippen molar-refractivity contribution in [3.05, 3.63) is 35.1 Å². The van der Waals surface area contributed by atoms with E-state index in [0.29, 0.717) is 18.1 Å². The zero-order valence-electron chi connectivity index (χ0n) is 11.2. The average Bonchev–Trinajstić information content (AvgIpc) is 2.49. The Kier molecular flexibility index (Phi) is 5.31. The predicted octanol–water partition coefficient (Wildman–Crippen LogP) is 1.86. The highest BCUT2D eigenvalue weighted by Crippen LogP contribution is 2.17. The summed E-state index contributed by atoms with van der Waals surface area (Å²) in [7, 11) is 0. The van der Waals surface area contributed by atoms with Crippen LogP contribution in [0.5, 0.6) is 0 Å². The van der Waals surface area contributed by atoms with Crippen LogP contribution in [0.2, 0.25) is 0 Å². The van der Waals surface area contributed by atoms with Gasteiger partial charge in [0, 0.05) is 18.8 Å². The molecule has 1 aromatic rings. The van der Waals surface area contributed by atoms with Crippen molar-refractivity contribution in [3.63, 3.8) is 0 Å². The SMILES string of the molecule is N/C(=N/O)c1cccc(COCC2CCOCC2)c1F. The largest absolute Gasteiger partial charge is 0.409 e. The van der Waals surface area contributed by atoms with Gasteiger partial charge in [-0.2, -0.15) is 0 Å². The minimum Gasteiger partial charge on any atom is -0.409 e. The molecule has 0 aliphatic carbocycles. The lowest BCUT2D eigenvalue weighted by Gasteiger charge is -2.21. The van der Waals surface area contributed by atoms with Crippen molar-refractivity contribution in [1.29, 1.82) is 0 Å². The molecule has 1 heterocycles. The molecular formula is C14H19FN2O3. The van der Waals surface area contributed by atoms with Crippen LogP contribution >= 0.6 is 0 Å². The molecule has 0 aromatic heterocycles. The molecular weight excluding hydrogens is 263 g/mol. The molecule has 0 saturated carbocycles. The van der Waals surface area contributed by atoms with Crippen molar-refractivity contribution in [2.24, 2.45) is 16.8 Å². The molecule has 1 aromatic carbocycles. The molecule has 0 unspecified atom stereocenters. The summed E-state index contributed by atoms with van der Waals surface area (Å²) >= 11 is 0. The second kappa shape index (κ2) is 7.21. The fourth-order valence-electron chi connectivity index (χ4n) is 2.19. The lowest BCUT2D eigenvalue weighted by atomic mass is 10.0. The summed E-state index contributed by atoms with van der Waals surface area (Å²) in [4.78, 5) is 0. The number of amidine groups is 1. The quantitative estimate of drug-likeness (QED) is 0.374. The van der Waals surface area contributed by atoms with Gasteiger partial charge in [-0.15, -0.1) is 0 Å². The number of ether oxygens (including phenoxy) is 2. The molecule has 6 heteroatoms. The summed E-state index contributed by atoms with van der Waals surface area (Å²) in [5.74, 6) is -0.275. The van der Waals surface area contributed by atoms with Crippen LogP contribution in [0.25, 0.3) is 0 Å². The third-order valence-electron chi connectivity index (χ3n) is 3.41. The van der Waals surface area contributed by atoms with Crippen LogP contribution in [0.1, 0.15) is 24.0 Å². The van der Waals surface area contributed by atoms with Crippen molar-refractivity contribution in [3.8, 4) is 0 Å². The normalized spacial score (nSPS) is 17.4. The zero-order valence-corrected chi connectivity index (χ0v) is 11.2. The Morgan fingerprint density at radius 2 is 2.20 bits per heavy atom. The van der Waals surface area contributed by atoms with E-state index in [1.807, 2.05) is 0 Å². The minimum atomic E-state index is -0.505. The van der Waals surface area contributed by atoms with E-state index in [-0.39, 0.29) is 18.0 Å². The molecule has 3 N–H and O–H groups in total. The lowest BCUT2D eigenvalue weighted by molar-refractivity contribution is 0.0151. The van der Waals surface area contributed by atoms with Gasteiger partial charge in [0.15, 0.2) is 5.84 Å². The number of hydrogen-bond donors (Lipinski definition) is 2. The Labute approximate surface area is 117 Å². The van der Waals surface area contributed by atoms with E-state index in [4.69, 9.17) is 20.4 Å². The van der Waals surface area contributed by atoms with Gasteiger partial charge in [0.1, 0.15) is 5.82 Å². The Morgan fingerprint density at radius 3 is 2.90 bits per heavy atom. The topological polar surface area (TPSA) is 77.1 Å². The first-order chi connectivity index (χ1) is 9.72. The van der Waals surface area contributed by atoms with Gasteiger partial charge in [-0.3, -0.25) is 0 Å². The minimum absolute atomic E-state index is 0.0830. The highest BCUT2D eigenvalue weighted by atomic mass is 19.1. The van der Waals surface area contributed by atoms with E-state index in [2.05, 4.69) is 5.16 Å². The van der Waals surface area contributed by atoms with Gasteiger partial charge in [0.25, 0.3) is 0 Å². The van der Waals surface area contributed by atoms with Gasteiger partial charge in [0.05, 0.1) is 18.8 Å². The predicted molar refractivity (Wildman–Crippen MR) is 72.1 cm³/mol.